The Balaban J connectivity index is 1.49. The van der Waals surface area contributed by atoms with Crippen molar-refractivity contribution >= 4 is 0 Å². The van der Waals surface area contributed by atoms with Gasteiger partial charge in [-0.15, -0.1) is 0 Å². The van der Waals surface area contributed by atoms with E-state index < -0.39 is 0 Å². The van der Waals surface area contributed by atoms with E-state index in [4.69, 9.17) is 4.74 Å². The topological polar surface area (TPSA) is 44.4 Å². The van der Waals surface area contributed by atoms with Crippen molar-refractivity contribution in [2.45, 2.75) is 12.6 Å². The average molecular weight is 312 g/mol. The van der Waals surface area contributed by atoms with Crippen LogP contribution in [0, 0.1) is 11.8 Å². The average Bonchev–Trinajstić information content (AvgIpc) is 3.25. The van der Waals surface area contributed by atoms with Crippen molar-refractivity contribution in [2.75, 3.05) is 33.8 Å². The summed E-state index contributed by atoms with van der Waals surface area (Å²) in [6.07, 6.45) is 3.74. The molecule has 23 heavy (non-hydrogen) atoms. The number of ether oxygens (including phenoxy) is 1. The molecule has 1 aromatic carbocycles. The number of likely N-dealkylation sites (tertiary alicyclic amines) is 2. The maximum Gasteiger partial charge on any atom is 0.120 e. The third-order valence-electron chi connectivity index (χ3n) is 5.36. The molecule has 0 spiro atoms. The lowest BCUT2D eigenvalue weighted by Crippen LogP contribution is -2.29. The van der Waals surface area contributed by atoms with Crippen molar-refractivity contribution < 1.29 is 4.74 Å². The molecule has 0 bridgehead atoms. The molecule has 0 amide bonds. The van der Waals surface area contributed by atoms with Crippen LogP contribution in [-0.4, -0.2) is 53.6 Å². The molecule has 5 nitrogen and oxygen atoms in total. The Morgan fingerprint density at radius 3 is 2.74 bits per heavy atom. The van der Waals surface area contributed by atoms with Crippen LogP contribution in [0.5, 0.6) is 5.75 Å². The smallest absolute Gasteiger partial charge is 0.120 e. The monoisotopic (exact) mass is 312 g/mol. The van der Waals surface area contributed by atoms with Crippen LogP contribution in [0.15, 0.2) is 36.7 Å². The molecule has 0 saturated carbocycles. The maximum absolute atomic E-state index is 5.29. The summed E-state index contributed by atoms with van der Waals surface area (Å²) in [4.78, 5) is 12.6. The Bertz CT molecular complexity index is 640. The molecule has 4 rings (SSSR count). The number of nitrogens with one attached hydrogen (secondary N) is 1. The summed E-state index contributed by atoms with van der Waals surface area (Å²) in [5.74, 6) is 3.45. The largest absolute Gasteiger partial charge is 0.497 e. The van der Waals surface area contributed by atoms with Crippen LogP contribution >= 0.6 is 0 Å². The number of aromatic nitrogens is 2. The molecular formula is C18H24N4O. The Morgan fingerprint density at radius 2 is 2.04 bits per heavy atom. The van der Waals surface area contributed by atoms with Gasteiger partial charge in [0.15, 0.2) is 0 Å². The Labute approximate surface area is 137 Å². The third kappa shape index (κ3) is 2.75. The highest BCUT2D eigenvalue weighted by Gasteiger charge is 2.45. The van der Waals surface area contributed by atoms with E-state index in [-0.39, 0.29) is 0 Å². The highest BCUT2D eigenvalue weighted by atomic mass is 16.5. The summed E-state index contributed by atoms with van der Waals surface area (Å²) in [5.41, 5.74) is 1.40. The number of benzene rings is 1. The van der Waals surface area contributed by atoms with Crippen LogP contribution in [0.2, 0.25) is 0 Å². The molecular weight excluding hydrogens is 288 g/mol. The van der Waals surface area contributed by atoms with E-state index in [1.165, 1.54) is 18.7 Å². The summed E-state index contributed by atoms with van der Waals surface area (Å²) in [5, 5.41) is 0. The van der Waals surface area contributed by atoms with Gasteiger partial charge >= 0.3 is 0 Å². The predicted molar refractivity (Wildman–Crippen MR) is 89.2 cm³/mol. The lowest BCUT2D eigenvalue weighted by molar-refractivity contribution is 0.222. The number of imidazole rings is 1. The normalized spacial score (nSPS) is 28.2. The first-order valence-corrected chi connectivity index (χ1v) is 8.29. The van der Waals surface area contributed by atoms with E-state index in [0.29, 0.717) is 12.0 Å². The van der Waals surface area contributed by atoms with Crippen LogP contribution in [-0.2, 0) is 6.54 Å². The van der Waals surface area contributed by atoms with E-state index in [1.54, 1.807) is 7.11 Å². The van der Waals surface area contributed by atoms with Gasteiger partial charge in [-0.05, 0) is 36.6 Å². The van der Waals surface area contributed by atoms with E-state index in [0.717, 1.165) is 30.6 Å². The van der Waals surface area contributed by atoms with Crippen LogP contribution in [0.4, 0.5) is 0 Å². The van der Waals surface area contributed by atoms with Gasteiger partial charge in [0.25, 0.3) is 0 Å². The predicted octanol–water partition coefficient (Wildman–Crippen LogP) is 2.15. The molecule has 2 aliphatic heterocycles. The molecule has 122 valence electrons. The summed E-state index contributed by atoms with van der Waals surface area (Å²) in [6.45, 7) is 4.42. The molecule has 3 atom stereocenters. The Morgan fingerprint density at radius 1 is 1.22 bits per heavy atom. The van der Waals surface area contributed by atoms with Gasteiger partial charge in [-0.25, -0.2) is 4.98 Å². The molecule has 3 heterocycles. The van der Waals surface area contributed by atoms with Gasteiger partial charge in [0.1, 0.15) is 11.6 Å². The first kappa shape index (κ1) is 14.7. The van der Waals surface area contributed by atoms with Crippen LogP contribution in [0.25, 0.3) is 0 Å². The SMILES string of the molecule is COc1ccc([C@@H]2[C@@H]3CN(Cc4ncc[nH]4)C[C@@H]3CN2C)cc1. The van der Waals surface area contributed by atoms with Gasteiger partial charge in [0, 0.05) is 38.1 Å². The van der Waals surface area contributed by atoms with Crippen molar-refractivity contribution in [3.63, 3.8) is 0 Å². The van der Waals surface area contributed by atoms with E-state index in [2.05, 4.69) is 51.1 Å². The van der Waals surface area contributed by atoms with Gasteiger partial charge in [0.2, 0.25) is 0 Å². The number of hydrogen-bond donors (Lipinski definition) is 1. The first-order chi connectivity index (χ1) is 11.2. The number of methoxy groups -OCH3 is 1. The molecule has 5 heteroatoms. The quantitative estimate of drug-likeness (QED) is 0.939. The van der Waals surface area contributed by atoms with Gasteiger partial charge in [-0.1, -0.05) is 12.1 Å². The molecule has 2 saturated heterocycles. The van der Waals surface area contributed by atoms with Crippen LogP contribution in [0.1, 0.15) is 17.4 Å². The third-order valence-corrected chi connectivity index (χ3v) is 5.36. The van der Waals surface area contributed by atoms with Crippen LogP contribution in [0.3, 0.4) is 0 Å². The fraction of sp³-hybridized carbons (Fsp3) is 0.500. The van der Waals surface area contributed by atoms with Gasteiger partial charge < -0.3 is 9.72 Å². The first-order valence-electron chi connectivity index (χ1n) is 8.29. The molecule has 0 aliphatic carbocycles. The summed E-state index contributed by atoms with van der Waals surface area (Å²) < 4.78 is 5.29. The van der Waals surface area contributed by atoms with Crippen molar-refractivity contribution in [1.29, 1.82) is 0 Å². The highest BCUT2D eigenvalue weighted by molar-refractivity contribution is 5.30. The van der Waals surface area contributed by atoms with Gasteiger partial charge in [-0.2, -0.15) is 0 Å². The Hall–Kier alpha value is -1.85. The summed E-state index contributed by atoms with van der Waals surface area (Å²) >= 11 is 0. The number of fused-ring (bicyclic) bond motifs is 1. The van der Waals surface area contributed by atoms with E-state index >= 15 is 0 Å². The van der Waals surface area contributed by atoms with Crippen molar-refractivity contribution in [2.24, 2.45) is 11.8 Å². The number of aromatic amines is 1. The standard InChI is InChI=1S/C18H24N4O/c1-21-9-14-10-22(12-17-19-7-8-20-17)11-16(14)18(21)13-3-5-15(23-2)6-4-13/h3-8,14,16,18H,9-12H2,1-2H3,(H,19,20)/t14-,16+,18+/m0/s1. The summed E-state index contributed by atoms with van der Waals surface area (Å²) in [7, 11) is 3.97. The number of hydrogen-bond acceptors (Lipinski definition) is 4. The fourth-order valence-electron chi connectivity index (χ4n) is 4.38. The fourth-order valence-corrected chi connectivity index (χ4v) is 4.38. The van der Waals surface area contributed by atoms with E-state index in [1.807, 2.05) is 12.4 Å². The van der Waals surface area contributed by atoms with Crippen molar-refractivity contribution in [3.8, 4) is 5.75 Å². The minimum atomic E-state index is 0.507. The number of H-pyrrole nitrogens is 1. The molecule has 2 aliphatic rings. The second kappa shape index (κ2) is 5.98. The minimum Gasteiger partial charge on any atom is -0.497 e. The second-order valence-electron chi connectivity index (χ2n) is 6.81. The Kier molecular flexibility index (Phi) is 3.83. The van der Waals surface area contributed by atoms with E-state index in [9.17, 15) is 0 Å². The zero-order chi connectivity index (χ0) is 15.8. The lowest BCUT2D eigenvalue weighted by atomic mass is 9.89. The zero-order valence-electron chi connectivity index (χ0n) is 13.8. The van der Waals surface area contributed by atoms with Crippen molar-refractivity contribution in [1.82, 2.24) is 19.8 Å². The van der Waals surface area contributed by atoms with Crippen LogP contribution < -0.4 is 4.74 Å². The summed E-state index contributed by atoms with van der Waals surface area (Å²) in [6, 6.07) is 9.10. The van der Waals surface area contributed by atoms with Crippen molar-refractivity contribution in [3.05, 3.63) is 48.0 Å². The zero-order valence-corrected chi connectivity index (χ0v) is 13.8. The number of nitrogens with zero attached hydrogens (tertiary/aromatic N) is 3. The van der Waals surface area contributed by atoms with Gasteiger partial charge in [0.05, 0.1) is 13.7 Å². The molecule has 2 aromatic rings. The maximum atomic E-state index is 5.29. The minimum absolute atomic E-state index is 0.507. The molecule has 1 N–H and O–H groups in total. The molecule has 0 unspecified atom stereocenters. The lowest BCUT2D eigenvalue weighted by Gasteiger charge is -2.26. The van der Waals surface area contributed by atoms with Gasteiger partial charge in [-0.3, -0.25) is 9.80 Å². The molecule has 0 radical (unpaired) electrons. The highest BCUT2D eigenvalue weighted by Crippen LogP contribution is 2.44. The second-order valence-corrected chi connectivity index (χ2v) is 6.81. The molecule has 2 fully saturated rings. The molecule has 1 aromatic heterocycles. The number of rotatable bonds is 4.